The Morgan fingerprint density at radius 2 is 1.30 bits per heavy atom. The number of methoxy groups -OCH3 is 2. The fourth-order valence-corrected chi connectivity index (χ4v) is 3.67. The van der Waals surface area contributed by atoms with E-state index in [0.29, 0.717) is 6.54 Å². The van der Waals surface area contributed by atoms with E-state index in [1.54, 1.807) is 14.2 Å². The van der Waals surface area contributed by atoms with Gasteiger partial charge in [-0.2, -0.15) is 0 Å². The van der Waals surface area contributed by atoms with E-state index >= 15 is 0 Å². The van der Waals surface area contributed by atoms with E-state index in [9.17, 15) is 5.11 Å². The zero-order valence-electron chi connectivity index (χ0n) is 19.3. The number of para-hydroxylation sites is 1. The zero-order valence-corrected chi connectivity index (χ0v) is 20.1. The van der Waals surface area contributed by atoms with Crippen molar-refractivity contribution in [3.8, 4) is 17.2 Å². The molecule has 3 aromatic rings. The number of benzene rings is 3. The minimum Gasteiger partial charge on any atom is -0.497 e. The molecule has 0 aliphatic heterocycles. The summed E-state index contributed by atoms with van der Waals surface area (Å²) in [7, 11) is 3.36. The van der Waals surface area contributed by atoms with E-state index < -0.39 is 6.10 Å². The molecule has 178 valence electrons. The van der Waals surface area contributed by atoms with Crippen LogP contribution in [0.15, 0.2) is 78.9 Å². The molecule has 3 aromatic carbocycles. The van der Waals surface area contributed by atoms with Gasteiger partial charge in [0.25, 0.3) is 0 Å². The van der Waals surface area contributed by atoms with Crippen molar-refractivity contribution in [3.05, 3.63) is 90.0 Å². The fraction of sp³-hybridized carbons (Fsp3) is 0.333. The summed E-state index contributed by atoms with van der Waals surface area (Å²) in [6.07, 6.45) is 1.42. The van der Waals surface area contributed by atoms with Crippen LogP contribution in [0.2, 0.25) is 0 Å². The summed E-state index contributed by atoms with van der Waals surface area (Å²) >= 11 is 0. The molecule has 0 aliphatic carbocycles. The maximum Gasteiger partial charge on any atom is 0.119 e. The van der Waals surface area contributed by atoms with E-state index in [-0.39, 0.29) is 24.9 Å². The monoisotopic (exact) mass is 471 g/mol. The molecule has 3 rings (SSSR count). The van der Waals surface area contributed by atoms with Gasteiger partial charge in [0, 0.05) is 12.5 Å². The fourth-order valence-electron chi connectivity index (χ4n) is 3.67. The van der Waals surface area contributed by atoms with E-state index in [1.807, 2.05) is 54.6 Å². The molecule has 0 saturated heterocycles. The van der Waals surface area contributed by atoms with Crippen molar-refractivity contribution in [2.24, 2.45) is 0 Å². The van der Waals surface area contributed by atoms with Crippen molar-refractivity contribution in [3.63, 3.8) is 0 Å². The normalized spacial score (nSPS) is 11.5. The minimum atomic E-state index is -0.547. The molecule has 0 amide bonds. The first kappa shape index (κ1) is 26.5. The molecular weight excluding hydrogens is 438 g/mol. The van der Waals surface area contributed by atoms with Crippen molar-refractivity contribution in [2.45, 2.75) is 24.9 Å². The lowest BCUT2D eigenvalue weighted by Gasteiger charge is -2.19. The molecule has 0 radical (unpaired) electrons. The number of ether oxygens (including phenoxy) is 3. The van der Waals surface area contributed by atoms with E-state index in [0.717, 1.165) is 36.6 Å². The molecule has 0 aromatic heterocycles. The summed E-state index contributed by atoms with van der Waals surface area (Å²) < 4.78 is 16.2. The minimum absolute atomic E-state index is 0. The number of hydrogen-bond acceptors (Lipinski definition) is 5. The Balaban J connectivity index is 0.00000385. The average Bonchev–Trinajstić information content (AvgIpc) is 2.86. The van der Waals surface area contributed by atoms with Crippen molar-refractivity contribution in [1.82, 2.24) is 5.32 Å². The molecule has 0 spiro atoms. The van der Waals surface area contributed by atoms with Gasteiger partial charge in [-0.3, -0.25) is 0 Å². The highest BCUT2D eigenvalue weighted by molar-refractivity contribution is 5.85. The molecule has 0 saturated carbocycles. The third-order valence-electron chi connectivity index (χ3n) is 5.45. The lowest BCUT2D eigenvalue weighted by Crippen LogP contribution is -2.32. The van der Waals surface area contributed by atoms with E-state index in [1.165, 1.54) is 11.1 Å². The van der Waals surface area contributed by atoms with Crippen LogP contribution in [0.1, 0.15) is 29.9 Å². The predicted molar refractivity (Wildman–Crippen MR) is 135 cm³/mol. The lowest BCUT2D eigenvalue weighted by atomic mass is 9.87. The highest BCUT2D eigenvalue weighted by atomic mass is 35.5. The number of hydrogen-bond donors (Lipinski definition) is 2. The van der Waals surface area contributed by atoms with Gasteiger partial charge in [0.05, 0.1) is 14.2 Å². The number of rotatable bonds is 13. The van der Waals surface area contributed by atoms with Gasteiger partial charge in [0.15, 0.2) is 0 Å². The first-order chi connectivity index (χ1) is 15.7. The van der Waals surface area contributed by atoms with Gasteiger partial charge < -0.3 is 24.6 Å². The van der Waals surface area contributed by atoms with Crippen LogP contribution in [-0.4, -0.2) is 45.1 Å². The third kappa shape index (κ3) is 8.61. The Morgan fingerprint density at radius 3 is 1.82 bits per heavy atom. The maximum atomic E-state index is 10.2. The van der Waals surface area contributed by atoms with Gasteiger partial charge in [-0.15, -0.1) is 12.4 Å². The summed E-state index contributed by atoms with van der Waals surface area (Å²) in [4.78, 5) is 0. The molecule has 6 heteroatoms. The highest BCUT2D eigenvalue weighted by Gasteiger charge is 2.15. The number of aliphatic hydroxyl groups excluding tert-OH is 1. The largest absolute Gasteiger partial charge is 0.497 e. The van der Waals surface area contributed by atoms with Crippen LogP contribution in [0.25, 0.3) is 0 Å². The topological polar surface area (TPSA) is 60.0 Å². The highest BCUT2D eigenvalue weighted by Crippen LogP contribution is 2.31. The van der Waals surface area contributed by atoms with Crippen LogP contribution in [-0.2, 0) is 0 Å². The van der Waals surface area contributed by atoms with Crippen LogP contribution in [0.4, 0.5) is 0 Å². The van der Waals surface area contributed by atoms with Gasteiger partial charge in [0.2, 0.25) is 0 Å². The average molecular weight is 472 g/mol. The smallest absolute Gasteiger partial charge is 0.119 e. The molecule has 33 heavy (non-hydrogen) atoms. The van der Waals surface area contributed by atoms with Crippen molar-refractivity contribution >= 4 is 12.4 Å². The number of nitrogens with one attached hydrogen (secondary N) is 1. The molecular formula is C27H34ClNO4. The summed E-state index contributed by atoms with van der Waals surface area (Å²) in [6.45, 7) is 1.60. The van der Waals surface area contributed by atoms with E-state index in [2.05, 4.69) is 29.6 Å². The molecule has 2 N–H and O–H groups in total. The van der Waals surface area contributed by atoms with Gasteiger partial charge in [0.1, 0.15) is 30.0 Å². The summed E-state index contributed by atoms with van der Waals surface area (Å²) in [5, 5.41) is 13.5. The Hall–Kier alpha value is -2.73. The second kappa shape index (κ2) is 14.4. The van der Waals surface area contributed by atoms with Crippen LogP contribution in [0, 0.1) is 0 Å². The Kier molecular flexibility index (Phi) is 11.6. The molecule has 0 bridgehead atoms. The summed E-state index contributed by atoms with van der Waals surface area (Å²) in [5.74, 6) is 2.76. The Bertz CT molecular complexity index is 856. The first-order valence-electron chi connectivity index (χ1n) is 11.0. The van der Waals surface area contributed by atoms with Gasteiger partial charge in [-0.05, 0) is 66.9 Å². The summed E-state index contributed by atoms with van der Waals surface area (Å²) in [5.41, 5.74) is 2.51. The van der Waals surface area contributed by atoms with Gasteiger partial charge in [-0.1, -0.05) is 42.5 Å². The number of halogens is 1. The Labute approximate surface area is 203 Å². The molecule has 5 nitrogen and oxygen atoms in total. The predicted octanol–water partition coefficient (Wildman–Crippen LogP) is 5.07. The molecule has 0 heterocycles. The maximum absolute atomic E-state index is 10.2. The van der Waals surface area contributed by atoms with Crippen molar-refractivity contribution in [2.75, 3.05) is 33.9 Å². The van der Waals surface area contributed by atoms with Crippen LogP contribution >= 0.6 is 12.4 Å². The lowest BCUT2D eigenvalue weighted by molar-refractivity contribution is 0.106. The first-order valence-corrected chi connectivity index (χ1v) is 11.0. The van der Waals surface area contributed by atoms with Crippen molar-refractivity contribution < 1.29 is 19.3 Å². The molecule has 0 aliphatic rings. The van der Waals surface area contributed by atoms with Crippen molar-refractivity contribution in [1.29, 1.82) is 0 Å². The second-order valence-electron chi connectivity index (χ2n) is 7.72. The SMILES string of the molecule is COc1ccc(C(CCCNC[C@H](O)COc2ccccc2)c2ccc(OC)cc2)cc1.Cl. The molecule has 0 fully saturated rings. The summed E-state index contributed by atoms with van der Waals surface area (Å²) in [6, 6.07) is 26.1. The van der Waals surface area contributed by atoms with Crippen LogP contribution in [0.5, 0.6) is 17.2 Å². The van der Waals surface area contributed by atoms with Crippen LogP contribution < -0.4 is 19.5 Å². The zero-order chi connectivity index (χ0) is 22.6. The third-order valence-corrected chi connectivity index (χ3v) is 5.45. The molecule has 0 unspecified atom stereocenters. The van der Waals surface area contributed by atoms with E-state index in [4.69, 9.17) is 14.2 Å². The van der Waals surface area contributed by atoms with Crippen LogP contribution in [0.3, 0.4) is 0 Å². The quantitative estimate of drug-likeness (QED) is 0.341. The van der Waals surface area contributed by atoms with Gasteiger partial charge in [-0.25, -0.2) is 0 Å². The second-order valence-corrected chi connectivity index (χ2v) is 7.72. The van der Waals surface area contributed by atoms with Gasteiger partial charge >= 0.3 is 0 Å². The standard InChI is InChI=1S/C27H33NO4.ClH/c1-30-24-14-10-21(11-15-24)27(22-12-16-25(31-2)17-13-22)9-6-18-28-19-23(29)20-32-26-7-4-3-5-8-26;/h3-5,7-8,10-17,23,27-29H,6,9,18-20H2,1-2H3;1H/t23-;/m0./s1. The number of aliphatic hydroxyl groups is 1. The Morgan fingerprint density at radius 1 is 0.758 bits per heavy atom. The molecule has 1 atom stereocenters.